The maximum atomic E-state index is 9.55. The number of rotatable bonds is 5. The Kier molecular flexibility index (Phi) is 4.51. The third-order valence-corrected chi connectivity index (χ3v) is 2.63. The van der Waals surface area contributed by atoms with E-state index >= 15 is 0 Å². The fourth-order valence-corrected chi connectivity index (χ4v) is 1.69. The van der Waals surface area contributed by atoms with Crippen LogP contribution < -0.4 is 5.32 Å². The van der Waals surface area contributed by atoms with Crippen molar-refractivity contribution in [3.05, 3.63) is 34.9 Å². The van der Waals surface area contributed by atoms with Crippen LogP contribution in [0.3, 0.4) is 0 Å². The first-order valence-electron chi connectivity index (χ1n) is 5.88. The molecule has 0 fully saturated rings. The van der Waals surface area contributed by atoms with Crippen molar-refractivity contribution in [1.82, 2.24) is 5.32 Å². The Morgan fingerprint density at radius 2 is 1.94 bits per heavy atom. The van der Waals surface area contributed by atoms with E-state index in [0.717, 1.165) is 13.0 Å². The van der Waals surface area contributed by atoms with Crippen LogP contribution >= 0.6 is 0 Å². The van der Waals surface area contributed by atoms with Crippen molar-refractivity contribution in [3.8, 4) is 0 Å². The molecule has 90 valence electrons. The van der Waals surface area contributed by atoms with Gasteiger partial charge < -0.3 is 10.4 Å². The van der Waals surface area contributed by atoms with E-state index in [4.69, 9.17) is 0 Å². The smallest absolute Gasteiger partial charge is 0.0715 e. The molecule has 0 aliphatic heterocycles. The molecule has 0 amide bonds. The molecule has 2 nitrogen and oxygen atoms in total. The van der Waals surface area contributed by atoms with Crippen molar-refractivity contribution in [2.45, 2.75) is 39.7 Å². The zero-order chi connectivity index (χ0) is 12.2. The maximum absolute atomic E-state index is 9.55. The lowest BCUT2D eigenvalue weighted by molar-refractivity contribution is 0.0801. The predicted molar refractivity (Wildman–Crippen MR) is 68.8 cm³/mol. The first-order chi connectivity index (χ1) is 7.38. The highest BCUT2D eigenvalue weighted by atomic mass is 16.3. The molecule has 0 bridgehead atoms. The van der Waals surface area contributed by atoms with Gasteiger partial charge >= 0.3 is 0 Å². The van der Waals surface area contributed by atoms with Gasteiger partial charge in [-0.15, -0.1) is 0 Å². The lowest BCUT2D eigenvalue weighted by Gasteiger charge is -2.17. The maximum Gasteiger partial charge on any atom is 0.0715 e. The van der Waals surface area contributed by atoms with E-state index in [2.05, 4.69) is 37.4 Å². The van der Waals surface area contributed by atoms with E-state index in [-0.39, 0.29) is 0 Å². The average Bonchev–Trinajstić information content (AvgIpc) is 2.16. The molecular formula is C14H23NO. The molecule has 0 saturated carbocycles. The lowest BCUT2D eigenvalue weighted by atomic mass is 10.0. The van der Waals surface area contributed by atoms with Crippen molar-refractivity contribution in [3.63, 3.8) is 0 Å². The van der Waals surface area contributed by atoms with Crippen molar-refractivity contribution in [2.75, 3.05) is 13.1 Å². The van der Waals surface area contributed by atoms with Crippen LogP contribution in [0.15, 0.2) is 18.2 Å². The van der Waals surface area contributed by atoms with Crippen molar-refractivity contribution in [2.24, 2.45) is 0 Å². The largest absolute Gasteiger partial charge is 0.389 e. The van der Waals surface area contributed by atoms with E-state index in [1.807, 2.05) is 13.8 Å². The van der Waals surface area contributed by atoms with Gasteiger partial charge in [-0.25, -0.2) is 0 Å². The summed E-state index contributed by atoms with van der Waals surface area (Å²) >= 11 is 0. The van der Waals surface area contributed by atoms with Crippen LogP contribution in [0.5, 0.6) is 0 Å². The van der Waals surface area contributed by atoms with E-state index in [0.29, 0.717) is 6.54 Å². The minimum absolute atomic E-state index is 0.623. The molecule has 1 aromatic carbocycles. The van der Waals surface area contributed by atoms with Crippen LogP contribution in [0, 0.1) is 13.8 Å². The van der Waals surface area contributed by atoms with Crippen LogP contribution in [0.25, 0.3) is 0 Å². The molecule has 0 radical (unpaired) electrons. The highest BCUT2D eigenvalue weighted by molar-refractivity contribution is 5.30. The highest BCUT2D eigenvalue weighted by Crippen LogP contribution is 2.10. The average molecular weight is 221 g/mol. The molecule has 2 N–H and O–H groups in total. The molecule has 0 saturated heterocycles. The van der Waals surface area contributed by atoms with Crippen LogP contribution in [0.1, 0.15) is 30.5 Å². The summed E-state index contributed by atoms with van der Waals surface area (Å²) in [5.41, 5.74) is 3.42. The molecule has 16 heavy (non-hydrogen) atoms. The highest BCUT2D eigenvalue weighted by Gasteiger charge is 2.10. The van der Waals surface area contributed by atoms with Crippen LogP contribution in [0.4, 0.5) is 0 Å². The predicted octanol–water partition coefficient (Wildman–Crippen LogP) is 2.21. The normalized spacial score (nSPS) is 11.8. The van der Waals surface area contributed by atoms with E-state index in [9.17, 15) is 5.11 Å². The topological polar surface area (TPSA) is 32.3 Å². The Hall–Kier alpha value is -0.860. The third-order valence-electron chi connectivity index (χ3n) is 2.63. The second-order valence-corrected chi connectivity index (χ2v) is 5.17. The Morgan fingerprint density at radius 1 is 1.25 bits per heavy atom. The van der Waals surface area contributed by atoms with Gasteiger partial charge in [-0.05, 0) is 51.8 Å². The van der Waals surface area contributed by atoms with Gasteiger partial charge in [-0.1, -0.05) is 23.8 Å². The van der Waals surface area contributed by atoms with Crippen molar-refractivity contribution < 1.29 is 5.11 Å². The van der Waals surface area contributed by atoms with Gasteiger partial charge in [-0.2, -0.15) is 0 Å². The summed E-state index contributed by atoms with van der Waals surface area (Å²) in [6, 6.07) is 6.55. The molecule has 0 atom stereocenters. The SMILES string of the molecule is Cc1ccc(C)c(CCNCC(C)(C)O)c1. The summed E-state index contributed by atoms with van der Waals surface area (Å²) in [6.07, 6.45) is 1.02. The molecule has 0 aromatic heterocycles. The summed E-state index contributed by atoms with van der Waals surface area (Å²) in [7, 11) is 0. The molecule has 1 rings (SSSR count). The summed E-state index contributed by atoms with van der Waals surface area (Å²) in [4.78, 5) is 0. The number of aryl methyl sites for hydroxylation is 2. The minimum Gasteiger partial charge on any atom is -0.389 e. The minimum atomic E-state index is -0.623. The second-order valence-electron chi connectivity index (χ2n) is 5.17. The fraction of sp³-hybridized carbons (Fsp3) is 0.571. The Morgan fingerprint density at radius 3 is 2.56 bits per heavy atom. The molecular weight excluding hydrogens is 198 g/mol. The summed E-state index contributed by atoms with van der Waals surface area (Å²) in [5, 5.41) is 12.8. The Balaban J connectivity index is 2.40. The number of hydrogen-bond donors (Lipinski definition) is 2. The zero-order valence-corrected chi connectivity index (χ0v) is 10.8. The van der Waals surface area contributed by atoms with Crippen LogP contribution in [0.2, 0.25) is 0 Å². The van der Waals surface area contributed by atoms with E-state index < -0.39 is 5.60 Å². The molecule has 0 unspecified atom stereocenters. The number of nitrogens with one attached hydrogen (secondary N) is 1. The Bertz CT molecular complexity index is 339. The molecule has 2 heteroatoms. The first kappa shape index (κ1) is 13.2. The van der Waals surface area contributed by atoms with Gasteiger partial charge in [-0.3, -0.25) is 0 Å². The molecule has 0 aliphatic carbocycles. The Labute approximate surface area is 98.7 Å². The van der Waals surface area contributed by atoms with Gasteiger partial charge in [0.1, 0.15) is 0 Å². The zero-order valence-electron chi connectivity index (χ0n) is 10.8. The monoisotopic (exact) mass is 221 g/mol. The van der Waals surface area contributed by atoms with Gasteiger partial charge in [0.05, 0.1) is 5.60 Å². The van der Waals surface area contributed by atoms with Gasteiger partial charge in [0.25, 0.3) is 0 Å². The molecule has 0 heterocycles. The lowest BCUT2D eigenvalue weighted by Crippen LogP contribution is -2.35. The van der Waals surface area contributed by atoms with Gasteiger partial charge in [0.15, 0.2) is 0 Å². The standard InChI is InChI=1S/C14H23NO/c1-11-5-6-12(2)13(9-11)7-8-15-10-14(3,4)16/h5-6,9,15-16H,7-8,10H2,1-4H3. The summed E-state index contributed by atoms with van der Waals surface area (Å²) in [6.45, 7) is 9.44. The second kappa shape index (κ2) is 5.46. The summed E-state index contributed by atoms with van der Waals surface area (Å²) in [5.74, 6) is 0. The van der Waals surface area contributed by atoms with Gasteiger partial charge in [0.2, 0.25) is 0 Å². The van der Waals surface area contributed by atoms with Crippen molar-refractivity contribution in [1.29, 1.82) is 0 Å². The number of aliphatic hydroxyl groups is 1. The molecule has 0 aliphatic rings. The molecule has 0 spiro atoms. The quantitative estimate of drug-likeness (QED) is 0.747. The van der Waals surface area contributed by atoms with E-state index in [1.54, 1.807) is 0 Å². The van der Waals surface area contributed by atoms with Crippen LogP contribution in [-0.2, 0) is 6.42 Å². The van der Waals surface area contributed by atoms with E-state index in [1.165, 1.54) is 16.7 Å². The third kappa shape index (κ3) is 4.77. The first-order valence-corrected chi connectivity index (χ1v) is 5.88. The number of benzene rings is 1. The van der Waals surface area contributed by atoms with Gasteiger partial charge in [0, 0.05) is 6.54 Å². The molecule has 1 aromatic rings. The fourth-order valence-electron chi connectivity index (χ4n) is 1.69. The number of hydrogen-bond acceptors (Lipinski definition) is 2. The van der Waals surface area contributed by atoms with Crippen molar-refractivity contribution >= 4 is 0 Å². The van der Waals surface area contributed by atoms with Crippen LogP contribution in [-0.4, -0.2) is 23.8 Å². The summed E-state index contributed by atoms with van der Waals surface area (Å²) < 4.78 is 0.